The van der Waals surface area contributed by atoms with Crippen molar-refractivity contribution < 1.29 is 14.9 Å². The fourth-order valence-corrected chi connectivity index (χ4v) is 0.546. The van der Waals surface area contributed by atoms with Crippen LogP contribution in [0, 0.1) is 0 Å². The van der Waals surface area contributed by atoms with Gasteiger partial charge in [-0.15, -0.1) is 6.58 Å². The molecule has 0 aromatic heterocycles. The number of ether oxygens (including phenoxy) is 1. The van der Waals surface area contributed by atoms with E-state index in [1.165, 1.54) is 0 Å². The maximum atomic E-state index is 8.63. The SMILES string of the molecule is C=CCOC.CC.CCO.Oc1ccccc1. The molecule has 0 fully saturated rings. The van der Waals surface area contributed by atoms with Crippen LogP contribution in [0.1, 0.15) is 20.8 Å². The second kappa shape index (κ2) is 24.1. The van der Waals surface area contributed by atoms with Crippen molar-refractivity contribution in [3.8, 4) is 5.75 Å². The molecule has 2 N–H and O–H groups in total. The molecule has 0 aliphatic carbocycles. The zero-order valence-corrected chi connectivity index (χ0v) is 11.4. The molecule has 0 atom stereocenters. The van der Waals surface area contributed by atoms with Gasteiger partial charge in [0.05, 0.1) is 6.61 Å². The van der Waals surface area contributed by atoms with E-state index in [-0.39, 0.29) is 6.61 Å². The van der Waals surface area contributed by atoms with Gasteiger partial charge >= 0.3 is 0 Å². The molecule has 0 amide bonds. The van der Waals surface area contributed by atoms with Crippen molar-refractivity contribution in [1.82, 2.24) is 0 Å². The molecule has 0 bridgehead atoms. The average molecular weight is 242 g/mol. The third-order valence-electron chi connectivity index (χ3n) is 1.04. The molecule has 3 heteroatoms. The third kappa shape index (κ3) is 31.3. The number of aromatic hydroxyl groups is 1. The Hall–Kier alpha value is -1.32. The van der Waals surface area contributed by atoms with Crippen LogP contribution in [0.15, 0.2) is 43.0 Å². The maximum absolute atomic E-state index is 8.63. The molecule has 3 nitrogen and oxygen atoms in total. The van der Waals surface area contributed by atoms with Gasteiger partial charge in [-0.25, -0.2) is 0 Å². The van der Waals surface area contributed by atoms with E-state index in [2.05, 4.69) is 11.3 Å². The largest absolute Gasteiger partial charge is 0.508 e. The topological polar surface area (TPSA) is 49.7 Å². The van der Waals surface area contributed by atoms with Crippen molar-refractivity contribution in [2.75, 3.05) is 20.3 Å². The Balaban J connectivity index is -0.000000174. The summed E-state index contributed by atoms with van der Waals surface area (Å²) >= 11 is 0. The molecule has 17 heavy (non-hydrogen) atoms. The molecule has 0 heterocycles. The monoisotopic (exact) mass is 242 g/mol. The smallest absolute Gasteiger partial charge is 0.115 e. The lowest BCUT2D eigenvalue weighted by atomic mass is 10.3. The van der Waals surface area contributed by atoms with Crippen LogP contribution in [0.3, 0.4) is 0 Å². The molecule has 0 saturated carbocycles. The Morgan fingerprint density at radius 1 is 1.24 bits per heavy atom. The van der Waals surface area contributed by atoms with Gasteiger partial charge in [-0.1, -0.05) is 38.1 Å². The van der Waals surface area contributed by atoms with Gasteiger partial charge < -0.3 is 14.9 Å². The molecule has 100 valence electrons. The number of para-hydroxylation sites is 1. The summed E-state index contributed by atoms with van der Waals surface area (Å²) in [6.07, 6.45) is 1.71. The van der Waals surface area contributed by atoms with E-state index >= 15 is 0 Å². The molecule has 0 spiro atoms. The minimum absolute atomic E-state index is 0.250. The fraction of sp³-hybridized carbons (Fsp3) is 0.429. The molecule has 1 aromatic carbocycles. The molecule has 0 saturated heterocycles. The number of hydrogen-bond acceptors (Lipinski definition) is 3. The highest BCUT2D eigenvalue weighted by molar-refractivity contribution is 5.18. The second-order valence-electron chi connectivity index (χ2n) is 2.40. The van der Waals surface area contributed by atoms with E-state index in [0.717, 1.165) is 0 Å². The van der Waals surface area contributed by atoms with Crippen molar-refractivity contribution >= 4 is 0 Å². The summed E-state index contributed by atoms with van der Waals surface area (Å²) in [6, 6.07) is 8.71. The summed E-state index contributed by atoms with van der Waals surface area (Å²) in [6.45, 7) is 10.0. The molecule has 0 unspecified atom stereocenters. The van der Waals surface area contributed by atoms with Crippen LogP contribution >= 0.6 is 0 Å². The lowest BCUT2D eigenvalue weighted by Gasteiger charge is -1.82. The van der Waals surface area contributed by atoms with E-state index in [4.69, 9.17) is 10.2 Å². The van der Waals surface area contributed by atoms with Crippen LogP contribution in [0.5, 0.6) is 5.75 Å². The van der Waals surface area contributed by atoms with Gasteiger partial charge in [-0.2, -0.15) is 0 Å². The third-order valence-corrected chi connectivity index (χ3v) is 1.04. The van der Waals surface area contributed by atoms with Crippen LogP contribution in [-0.4, -0.2) is 30.5 Å². The second-order valence-corrected chi connectivity index (χ2v) is 2.40. The van der Waals surface area contributed by atoms with E-state index in [0.29, 0.717) is 12.4 Å². The molecule has 1 rings (SSSR count). The van der Waals surface area contributed by atoms with Crippen molar-refractivity contribution in [1.29, 1.82) is 0 Å². The minimum atomic E-state index is 0.250. The van der Waals surface area contributed by atoms with Gasteiger partial charge in [0.1, 0.15) is 5.75 Å². The first-order valence-electron chi connectivity index (χ1n) is 5.67. The summed E-state index contributed by atoms with van der Waals surface area (Å²) in [4.78, 5) is 0. The normalized spacial score (nSPS) is 7.12. The summed E-state index contributed by atoms with van der Waals surface area (Å²) < 4.78 is 4.57. The Labute approximate surface area is 105 Å². The van der Waals surface area contributed by atoms with Crippen LogP contribution < -0.4 is 0 Å². The standard InChI is InChI=1S/C6H6O.C4H8O.C2H6O.C2H6/c7-6-4-2-1-3-5-6;1-3-4-5-2;1-2-3;1-2/h1-5,7H;3H,1,4H2,2H3;3H,2H2,1H3;1-2H3. The molecule has 0 aliphatic rings. The minimum Gasteiger partial charge on any atom is -0.508 e. The van der Waals surface area contributed by atoms with Gasteiger partial charge in [-0.05, 0) is 19.1 Å². The van der Waals surface area contributed by atoms with Gasteiger partial charge in [-0.3, -0.25) is 0 Å². The van der Waals surface area contributed by atoms with Crippen LogP contribution in [0.2, 0.25) is 0 Å². The van der Waals surface area contributed by atoms with E-state index < -0.39 is 0 Å². The average Bonchev–Trinajstić information content (AvgIpc) is 2.35. The van der Waals surface area contributed by atoms with Crippen molar-refractivity contribution in [3.63, 3.8) is 0 Å². The zero-order chi connectivity index (χ0) is 13.9. The first-order chi connectivity index (χ1) is 8.22. The molecular formula is C14H26O3. The number of aliphatic hydroxyl groups excluding tert-OH is 1. The lowest BCUT2D eigenvalue weighted by Crippen LogP contribution is -1.76. The summed E-state index contributed by atoms with van der Waals surface area (Å²) in [5.74, 6) is 0.322. The number of methoxy groups -OCH3 is 1. The number of phenolic OH excluding ortho intramolecular Hbond substituents is 1. The van der Waals surface area contributed by atoms with Crippen molar-refractivity contribution in [2.24, 2.45) is 0 Å². The quantitative estimate of drug-likeness (QED) is 0.783. The zero-order valence-electron chi connectivity index (χ0n) is 11.4. The number of benzene rings is 1. The van der Waals surface area contributed by atoms with Gasteiger partial charge in [0.2, 0.25) is 0 Å². The highest BCUT2D eigenvalue weighted by Crippen LogP contribution is 2.02. The first kappa shape index (κ1) is 21.0. The van der Waals surface area contributed by atoms with Crippen LogP contribution in [0.4, 0.5) is 0 Å². The predicted molar refractivity (Wildman–Crippen MR) is 74.3 cm³/mol. The highest BCUT2D eigenvalue weighted by atomic mass is 16.5. The van der Waals surface area contributed by atoms with Gasteiger partial charge in [0.15, 0.2) is 0 Å². The fourth-order valence-electron chi connectivity index (χ4n) is 0.546. The number of aliphatic hydroxyl groups is 1. The Kier molecular flexibility index (Phi) is 29.8. The number of rotatable bonds is 2. The summed E-state index contributed by atoms with van der Waals surface area (Å²) in [5.41, 5.74) is 0. The van der Waals surface area contributed by atoms with E-state index in [1.807, 2.05) is 19.9 Å². The lowest BCUT2D eigenvalue weighted by molar-refractivity contribution is 0.234. The Bertz CT molecular complexity index is 210. The molecule has 0 aliphatic heterocycles. The number of phenols is 1. The van der Waals surface area contributed by atoms with Crippen LogP contribution in [-0.2, 0) is 4.74 Å². The van der Waals surface area contributed by atoms with Gasteiger partial charge in [0.25, 0.3) is 0 Å². The first-order valence-corrected chi connectivity index (χ1v) is 5.67. The van der Waals surface area contributed by atoms with Crippen molar-refractivity contribution in [3.05, 3.63) is 43.0 Å². The van der Waals surface area contributed by atoms with Gasteiger partial charge in [0, 0.05) is 13.7 Å². The van der Waals surface area contributed by atoms with Crippen LogP contribution in [0.25, 0.3) is 0 Å². The number of hydrogen-bond donors (Lipinski definition) is 2. The predicted octanol–water partition coefficient (Wildman–Crippen LogP) is 3.24. The Morgan fingerprint density at radius 3 is 1.76 bits per heavy atom. The Morgan fingerprint density at radius 2 is 1.65 bits per heavy atom. The highest BCUT2D eigenvalue weighted by Gasteiger charge is 1.74. The summed E-state index contributed by atoms with van der Waals surface area (Å²) in [5, 5.41) is 16.2. The molecule has 0 radical (unpaired) electrons. The summed E-state index contributed by atoms with van der Waals surface area (Å²) in [7, 11) is 1.64. The van der Waals surface area contributed by atoms with Crippen molar-refractivity contribution in [2.45, 2.75) is 20.8 Å². The maximum Gasteiger partial charge on any atom is 0.115 e. The van der Waals surface area contributed by atoms with E-state index in [1.54, 1.807) is 44.4 Å². The van der Waals surface area contributed by atoms with E-state index in [9.17, 15) is 0 Å². The molecule has 1 aromatic rings. The molecular weight excluding hydrogens is 216 g/mol.